The van der Waals surface area contributed by atoms with Gasteiger partial charge in [-0.2, -0.15) is 0 Å². The van der Waals surface area contributed by atoms with E-state index >= 15 is 0 Å². The molecule has 0 aliphatic heterocycles. The minimum absolute atomic E-state index is 0.0968. The van der Waals surface area contributed by atoms with Gasteiger partial charge in [0.2, 0.25) is 0 Å². The third kappa shape index (κ3) is 7.92. The summed E-state index contributed by atoms with van der Waals surface area (Å²) < 4.78 is 0. The summed E-state index contributed by atoms with van der Waals surface area (Å²) in [5.74, 6) is 0.0968. The zero-order valence-electron chi connectivity index (χ0n) is 10.6. The average molecular weight is 206 g/mol. The zero-order valence-corrected chi connectivity index (χ0v) is 10.6. The maximum absolute atomic E-state index is 10.7. The van der Waals surface area contributed by atoms with Crippen molar-refractivity contribution in [2.45, 2.75) is 47.5 Å². The van der Waals surface area contributed by atoms with Crippen LogP contribution in [0.4, 0.5) is 0 Å². The molecule has 0 aromatic heterocycles. The maximum atomic E-state index is 10.7. The predicted octanol–water partition coefficient (Wildman–Crippen LogP) is 4.21. The van der Waals surface area contributed by atoms with Gasteiger partial charge >= 0.3 is 0 Å². The fourth-order valence-electron chi connectivity index (χ4n) is 1.07. The Bertz CT molecular complexity index is 299. The molecule has 0 radical (unpaired) electrons. The predicted molar refractivity (Wildman–Crippen MR) is 66.9 cm³/mol. The molecular weight excluding hydrogens is 184 g/mol. The van der Waals surface area contributed by atoms with Crippen molar-refractivity contribution >= 4 is 5.78 Å². The monoisotopic (exact) mass is 206 g/mol. The molecule has 0 aromatic rings. The number of carbonyl (C=O) groups excluding carboxylic acids is 1. The van der Waals surface area contributed by atoms with Crippen LogP contribution in [0.3, 0.4) is 0 Å². The van der Waals surface area contributed by atoms with Crippen molar-refractivity contribution in [3.63, 3.8) is 0 Å². The van der Waals surface area contributed by atoms with Crippen LogP contribution in [0.1, 0.15) is 47.5 Å². The molecular formula is C14H22O. The van der Waals surface area contributed by atoms with Gasteiger partial charge in [-0.05, 0) is 53.5 Å². The summed E-state index contributed by atoms with van der Waals surface area (Å²) in [5, 5.41) is 0. The summed E-state index contributed by atoms with van der Waals surface area (Å²) >= 11 is 0. The molecule has 0 rings (SSSR count). The Morgan fingerprint density at radius 2 is 1.60 bits per heavy atom. The van der Waals surface area contributed by atoms with E-state index in [0.717, 1.165) is 12.8 Å². The zero-order chi connectivity index (χ0) is 11.8. The first-order valence-corrected chi connectivity index (χ1v) is 5.41. The Morgan fingerprint density at radius 3 is 2.07 bits per heavy atom. The molecule has 0 aromatic carbocycles. The molecule has 0 aliphatic rings. The SMILES string of the molecule is CC(=O)/C=C/C=C(\C)CCC(C)=C(C)C. The van der Waals surface area contributed by atoms with Crippen molar-refractivity contribution < 1.29 is 4.79 Å². The number of hydrogen-bond donors (Lipinski definition) is 0. The number of carbonyl (C=O) groups is 1. The highest BCUT2D eigenvalue weighted by atomic mass is 16.1. The molecule has 0 saturated carbocycles. The Kier molecular flexibility index (Phi) is 6.68. The van der Waals surface area contributed by atoms with Crippen molar-refractivity contribution in [3.8, 4) is 0 Å². The van der Waals surface area contributed by atoms with Gasteiger partial charge in [0.1, 0.15) is 0 Å². The van der Waals surface area contributed by atoms with E-state index in [4.69, 9.17) is 0 Å². The summed E-state index contributed by atoms with van der Waals surface area (Å²) in [7, 11) is 0. The van der Waals surface area contributed by atoms with Crippen LogP contribution in [0.5, 0.6) is 0 Å². The number of hydrogen-bond acceptors (Lipinski definition) is 1. The molecule has 0 saturated heterocycles. The van der Waals surface area contributed by atoms with Crippen LogP contribution < -0.4 is 0 Å². The third-order valence-corrected chi connectivity index (χ3v) is 2.46. The standard InChI is InChI=1S/C14H22O/c1-11(2)13(4)10-9-12(3)7-6-8-14(5)15/h6-8H,9-10H2,1-5H3/b8-6+,12-7+. The second-order valence-electron chi connectivity index (χ2n) is 4.26. The largest absolute Gasteiger partial charge is 0.295 e. The lowest BCUT2D eigenvalue weighted by atomic mass is 10.0. The smallest absolute Gasteiger partial charge is 0.152 e. The lowest BCUT2D eigenvalue weighted by Crippen LogP contribution is -1.84. The van der Waals surface area contributed by atoms with Crippen LogP contribution in [0.2, 0.25) is 0 Å². The molecule has 84 valence electrons. The molecule has 0 unspecified atom stereocenters. The van der Waals surface area contributed by atoms with Gasteiger partial charge in [-0.25, -0.2) is 0 Å². The topological polar surface area (TPSA) is 17.1 Å². The Labute approximate surface area is 93.6 Å². The summed E-state index contributed by atoms with van der Waals surface area (Å²) in [6.45, 7) is 10.1. The molecule has 0 aliphatic carbocycles. The van der Waals surface area contributed by atoms with E-state index in [1.54, 1.807) is 13.0 Å². The summed E-state index contributed by atoms with van der Waals surface area (Å²) in [5.41, 5.74) is 4.17. The van der Waals surface area contributed by atoms with Crippen molar-refractivity contribution in [1.82, 2.24) is 0 Å². The van der Waals surface area contributed by atoms with E-state index in [9.17, 15) is 4.79 Å². The summed E-state index contributed by atoms with van der Waals surface area (Å²) in [6.07, 6.45) is 7.62. The molecule has 15 heavy (non-hydrogen) atoms. The van der Waals surface area contributed by atoms with Crippen LogP contribution in [-0.2, 0) is 4.79 Å². The molecule has 0 atom stereocenters. The van der Waals surface area contributed by atoms with Gasteiger partial charge in [-0.1, -0.05) is 28.9 Å². The second-order valence-corrected chi connectivity index (χ2v) is 4.26. The average Bonchev–Trinajstić information content (AvgIpc) is 2.13. The van der Waals surface area contributed by atoms with Crippen molar-refractivity contribution in [2.24, 2.45) is 0 Å². The maximum Gasteiger partial charge on any atom is 0.152 e. The van der Waals surface area contributed by atoms with Crippen LogP contribution in [0, 0.1) is 0 Å². The van der Waals surface area contributed by atoms with Gasteiger partial charge in [-0.3, -0.25) is 4.79 Å². The quantitative estimate of drug-likeness (QED) is 0.374. The van der Waals surface area contributed by atoms with E-state index in [1.807, 2.05) is 12.2 Å². The van der Waals surface area contributed by atoms with E-state index in [1.165, 1.54) is 16.7 Å². The number of ketones is 1. The number of allylic oxidation sites excluding steroid dienone is 6. The number of rotatable bonds is 5. The second kappa shape index (κ2) is 7.22. The van der Waals surface area contributed by atoms with Crippen LogP contribution in [-0.4, -0.2) is 5.78 Å². The minimum atomic E-state index is 0.0968. The summed E-state index contributed by atoms with van der Waals surface area (Å²) in [4.78, 5) is 10.7. The fourth-order valence-corrected chi connectivity index (χ4v) is 1.07. The van der Waals surface area contributed by atoms with Crippen molar-refractivity contribution in [2.75, 3.05) is 0 Å². The lowest BCUT2D eigenvalue weighted by Gasteiger charge is -2.03. The molecule has 0 amide bonds. The van der Waals surface area contributed by atoms with Gasteiger partial charge in [0, 0.05) is 0 Å². The Hall–Kier alpha value is -1.11. The van der Waals surface area contributed by atoms with Gasteiger partial charge in [0.15, 0.2) is 5.78 Å². The first-order valence-electron chi connectivity index (χ1n) is 5.41. The highest BCUT2D eigenvalue weighted by Gasteiger charge is 1.94. The van der Waals surface area contributed by atoms with Crippen molar-refractivity contribution in [3.05, 3.63) is 34.9 Å². The molecule has 1 heteroatoms. The van der Waals surface area contributed by atoms with E-state index in [2.05, 4.69) is 27.7 Å². The Morgan fingerprint density at radius 1 is 1.00 bits per heavy atom. The van der Waals surface area contributed by atoms with E-state index in [-0.39, 0.29) is 5.78 Å². The minimum Gasteiger partial charge on any atom is -0.295 e. The third-order valence-electron chi connectivity index (χ3n) is 2.46. The lowest BCUT2D eigenvalue weighted by molar-refractivity contribution is -0.112. The molecule has 0 heterocycles. The molecule has 0 spiro atoms. The normalized spacial score (nSPS) is 11.9. The molecule has 1 nitrogen and oxygen atoms in total. The fraction of sp³-hybridized carbons (Fsp3) is 0.500. The highest BCUT2D eigenvalue weighted by molar-refractivity contribution is 5.87. The van der Waals surface area contributed by atoms with Gasteiger partial charge in [-0.15, -0.1) is 0 Å². The van der Waals surface area contributed by atoms with Crippen molar-refractivity contribution in [1.29, 1.82) is 0 Å². The molecule has 0 fully saturated rings. The molecule has 0 N–H and O–H groups in total. The van der Waals surface area contributed by atoms with Gasteiger partial charge in [0.25, 0.3) is 0 Å². The van der Waals surface area contributed by atoms with Gasteiger partial charge < -0.3 is 0 Å². The van der Waals surface area contributed by atoms with E-state index in [0.29, 0.717) is 0 Å². The van der Waals surface area contributed by atoms with Crippen LogP contribution in [0.15, 0.2) is 34.9 Å². The van der Waals surface area contributed by atoms with Gasteiger partial charge in [0.05, 0.1) is 0 Å². The van der Waals surface area contributed by atoms with E-state index < -0.39 is 0 Å². The first-order chi connectivity index (χ1) is 6.93. The van der Waals surface area contributed by atoms with Crippen LogP contribution >= 0.6 is 0 Å². The Balaban J connectivity index is 4.10. The molecule has 0 bridgehead atoms. The summed E-state index contributed by atoms with van der Waals surface area (Å²) in [6, 6.07) is 0. The van der Waals surface area contributed by atoms with Crippen LogP contribution in [0.25, 0.3) is 0 Å². The highest BCUT2D eigenvalue weighted by Crippen LogP contribution is 2.13. The first kappa shape index (κ1) is 13.9.